The Balaban J connectivity index is 3.40. The molecule has 2 nitrogen and oxygen atoms in total. The third-order valence-corrected chi connectivity index (χ3v) is 1.87. The standard InChI is InChI=1S/C10H6F4O2/c1-5(9(15)16)7-3-2-6(11)4-8(7)10(12,13)14/h2-4H,1H2,(H,15,16). The predicted molar refractivity (Wildman–Crippen MR) is 48.1 cm³/mol. The van der Waals surface area contributed by atoms with Crippen LogP contribution in [0.1, 0.15) is 11.1 Å². The number of hydrogen-bond donors (Lipinski definition) is 1. The molecule has 0 fully saturated rings. The van der Waals surface area contributed by atoms with Crippen LogP contribution in [0.5, 0.6) is 0 Å². The summed E-state index contributed by atoms with van der Waals surface area (Å²) in [6.45, 7) is 3.01. The fourth-order valence-electron chi connectivity index (χ4n) is 1.13. The van der Waals surface area contributed by atoms with Crippen LogP contribution in [0.3, 0.4) is 0 Å². The second kappa shape index (κ2) is 3.96. The highest BCUT2D eigenvalue weighted by Gasteiger charge is 2.35. The molecule has 6 heteroatoms. The van der Waals surface area contributed by atoms with Crippen LogP contribution in [0.2, 0.25) is 0 Å². The van der Waals surface area contributed by atoms with Gasteiger partial charge in [-0.05, 0) is 12.1 Å². The van der Waals surface area contributed by atoms with E-state index in [1.165, 1.54) is 0 Å². The fraction of sp³-hybridized carbons (Fsp3) is 0.100. The SMILES string of the molecule is C=C(C(=O)O)c1ccc(F)cc1C(F)(F)F. The third kappa shape index (κ3) is 2.39. The first-order chi connectivity index (χ1) is 7.23. The number of halogens is 4. The van der Waals surface area contributed by atoms with Crippen LogP contribution in [0.25, 0.3) is 5.57 Å². The van der Waals surface area contributed by atoms with E-state index >= 15 is 0 Å². The molecular formula is C10H6F4O2. The monoisotopic (exact) mass is 234 g/mol. The number of hydrogen-bond acceptors (Lipinski definition) is 1. The molecule has 0 radical (unpaired) electrons. The molecule has 86 valence electrons. The Morgan fingerprint density at radius 2 is 1.88 bits per heavy atom. The van der Waals surface area contributed by atoms with Gasteiger partial charge >= 0.3 is 12.1 Å². The average molecular weight is 234 g/mol. The molecular weight excluding hydrogens is 228 g/mol. The number of carbonyl (C=O) groups is 1. The number of alkyl halides is 3. The zero-order valence-electron chi connectivity index (χ0n) is 7.81. The Kier molecular flexibility index (Phi) is 3.02. The maximum Gasteiger partial charge on any atom is 0.417 e. The third-order valence-electron chi connectivity index (χ3n) is 1.87. The van der Waals surface area contributed by atoms with Crippen molar-refractivity contribution >= 4 is 11.5 Å². The predicted octanol–water partition coefficient (Wildman–Crippen LogP) is 2.94. The smallest absolute Gasteiger partial charge is 0.417 e. The molecule has 1 rings (SSSR count). The Morgan fingerprint density at radius 3 is 2.31 bits per heavy atom. The van der Waals surface area contributed by atoms with Gasteiger partial charge in [-0.25, -0.2) is 9.18 Å². The molecule has 1 aromatic rings. The average Bonchev–Trinajstić information content (AvgIpc) is 2.15. The lowest BCUT2D eigenvalue weighted by Gasteiger charge is -2.12. The molecule has 0 atom stereocenters. The van der Waals surface area contributed by atoms with E-state index in [-0.39, 0.29) is 6.07 Å². The van der Waals surface area contributed by atoms with E-state index in [1.807, 2.05) is 0 Å². The molecule has 0 saturated carbocycles. The molecule has 0 spiro atoms. The van der Waals surface area contributed by atoms with Crippen LogP contribution < -0.4 is 0 Å². The van der Waals surface area contributed by atoms with Crippen molar-refractivity contribution < 1.29 is 27.5 Å². The zero-order chi connectivity index (χ0) is 12.5. The number of aliphatic carboxylic acids is 1. The zero-order valence-corrected chi connectivity index (χ0v) is 7.81. The first kappa shape index (κ1) is 12.2. The van der Waals surface area contributed by atoms with Gasteiger partial charge in [0.25, 0.3) is 0 Å². The molecule has 16 heavy (non-hydrogen) atoms. The van der Waals surface area contributed by atoms with Crippen LogP contribution in [-0.4, -0.2) is 11.1 Å². The normalized spacial score (nSPS) is 11.2. The summed E-state index contributed by atoms with van der Waals surface area (Å²) in [4.78, 5) is 10.5. The van der Waals surface area contributed by atoms with Crippen LogP contribution in [0.15, 0.2) is 24.8 Å². The second-order valence-electron chi connectivity index (χ2n) is 2.97. The minimum atomic E-state index is -4.82. The Morgan fingerprint density at radius 1 is 1.31 bits per heavy atom. The van der Waals surface area contributed by atoms with E-state index in [0.29, 0.717) is 0 Å². The first-order valence-electron chi connectivity index (χ1n) is 4.03. The lowest BCUT2D eigenvalue weighted by atomic mass is 10.0. The van der Waals surface area contributed by atoms with Crippen molar-refractivity contribution in [3.8, 4) is 0 Å². The molecule has 0 bridgehead atoms. The van der Waals surface area contributed by atoms with Gasteiger partial charge in [0.15, 0.2) is 0 Å². The van der Waals surface area contributed by atoms with Gasteiger partial charge in [-0.15, -0.1) is 0 Å². The minimum absolute atomic E-state index is 0.240. The van der Waals surface area contributed by atoms with Gasteiger partial charge in [0.05, 0.1) is 11.1 Å². The molecule has 0 aromatic heterocycles. The number of carboxylic acids is 1. The summed E-state index contributed by atoms with van der Waals surface area (Å²) >= 11 is 0. The van der Waals surface area contributed by atoms with E-state index in [0.717, 1.165) is 12.1 Å². The van der Waals surface area contributed by atoms with Crippen molar-refractivity contribution in [3.63, 3.8) is 0 Å². The van der Waals surface area contributed by atoms with Crippen molar-refractivity contribution in [2.75, 3.05) is 0 Å². The van der Waals surface area contributed by atoms with Gasteiger partial charge in [0.1, 0.15) is 5.82 Å². The lowest BCUT2D eigenvalue weighted by molar-refractivity contribution is -0.138. The molecule has 0 amide bonds. The molecule has 1 N–H and O–H groups in total. The van der Waals surface area contributed by atoms with E-state index < -0.39 is 34.7 Å². The Labute approximate surface area is 87.8 Å². The summed E-state index contributed by atoms with van der Waals surface area (Å²) in [5.74, 6) is -2.67. The summed E-state index contributed by atoms with van der Waals surface area (Å²) in [5, 5.41) is 8.53. The number of carboxylic acid groups (broad SMARTS) is 1. The van der Waals surface area contributed by atoms with Gasteiger partial charge in [-0.1, -0.05) is 12.6 Å². The van der Waals surface area contributed by atoms with Crippen LogP contribution in [0, 0.1) is 5.82 Å². The van der Waals surface area contributed by atoms with Crippen molar-refractivity contribution in [2.24, 2.45) is 0 Å². The Hall–Kier alpha value is -1.85. The highest BCUT2D eigenvalue weighted by molar-refractivity contribution is 6.14. The van der Waals surface area contributed by atoms with E-state index in [1.54, 1.807) is 0 Å². The largest absolute Gasteiger partial charge is 0.478 e. The topological polar surface area (TPSA) is 37.3 Å². The van der Waals surface area contributed by atoms with Crippen LogP contribution in [0.4, 0.5) is 17.6 Å². The number of benzene rings is 1. The van der Waals surface area contributed by atoms with Gasteiger partial charge in [-0.2, -0.15) is 13.2 Å². The summed E-state index contributed by atoms with van der Waals surface area (Å²) in [6, 6.07) is 1.73. The summed E-state index contributed by atoms with van der Waals surface area (Å²) < 4.78 is 50.0. The van der Waals surface area contributed by atoms with Gasteiger partial charge < -0.3 is 5.11 Å². The van der Waals surface area contributed by atoms with Crippen LogP contribution in [-0.2, 0) is 11.0 Å². The van der Waals surface area contributed by atoms with E-state index in [9.17, 15) is 22.4 Å². The summed E-state index contributed by atoms with van der Waals surface area (Å²) in [5.41, 5.74) is -2.71. The molecule has 0 unspecified atom stereocenters. The van der Waals surface area contributed by atoms with Crippen molar-refractivity contribution in [1.29, 1.82) is 0 Å². The molecule has 0 heterocycles. The van der Waals surface area contributed by atoms with Gasteiger partial charge in [0.2, 0.25) is 0 Å². The van der Waals surface area contributed by atoms with Crippen LogP contribution >= 0.6 is 0 Å². The van der Waals surface area contributed by atoms with Crippen molar-refractivity contribution in [3.05, 3.63) is 41.7 Å². The molecule has 1 aromatic carbocycles. The maximum atomic E-state index is 12.7. The first-order valence-corrected chi connectivity index (χ1v) is 4.03. The second-order valence-corrected chi connectivity index (χ2v) is 2.97. The fourth-order valence-corrected chi connectivity index (χ4v) is 1.13. The maximum absolute atomic E-state index is 12.7. The lowest BCUT2D eigenvalue weighted by Crippen LogP contribution is -2.11. The summed E-state index contributed by atoms with van der Waals surface area (Å²) in [6.07, 6.45) is -4.82. The van der Waals surface area contributed by atoms with Gasteiger partial charge in [-0.3, -0.25) is 0 Å². The van der Waals surface area contributed by atoms with E-state index in [4.69, 9.17) is 5.11 Å². The van der Waals surface area contributed by atoms with Crippen molar-refractivity contribution in [1.82, 2.24) is 0 Å². The summed E-state index contributed by atoms with van der Waals surface area (Å²) in [7, 11) is 0. The molecule has 0 aliphatic carbocycles. The molecule has 0 aliphatic heterocycles. The Bertz CT molecular complexity index is 449. The van der Waals surface area contributed by atoms with Crippen molar-refractivity contribution in [2.45, 2.75) is 6.18 Å². The minimum Gasteiger partial charge on any atom is -0.478 e. The molecule has 0 aliphatic rings. The highest BCUT2D eigenvalue weighted by atomic mass is 19.4. The van der Waals surface area contributed by atoms with E-state index in [2.05, 4.69) is 6.58 Å². The molecule has 0 saturated heterocycles. The van der Waals surface area contributed by atoms with Gasteiger partial charge in [0, 0.05) is 5.56 Å². The number of rotatable bonds is 2. The quantitative estimate of drug-likeness (QED) is 0.631. The highest BCUT2D eigenvalue weighted by Crippen LogP contribution is 2.35.